The summed E-state index contributed by atoms with van der Waals surface area (Å²) in [5, 5.41) is 8.88. The van der Waals surface area contributed by atoms with Crippen LogP contribution >= 0.6 is 0 Å². The van der Waals surface area contributed by atoms with E-state index < -0.39 is 5.97 Å². The second-order valence-corrected chi connectivity index (χ2v) is 8.81. The Labute approximate surface area is 201 Å². The van der Waals surface area contributed by atoms with E-state index in [1.165, 1.54) is 6.07 Å². The number of hydrogen-bond acceptors (Lipinski definition) is 3. The quantitative estimate of drug-likeness (QED) is 0.358. The van der Waals surface area contributed by atoms with E-state index in [0.717, 1.165) is 22.3 Å². The van der Waals surface area contributed by atoms with Crippen molar-refractivity contribution in [3.05, 3.63) is 96.3 Å². The fourth-order valence-electron chi connectivity index (χ4n) is 3.58. The lowest BCUT2D eigenvalue weighted by atomic mass is 9.81. The van der Waals surface area contributed by atoms with E-state index in [9.17, 15) is 9.18 Å². The smallest absolute Gasteiger partial charge is 0.303 e. The van der Waals surface area contributed by atoms with Crippen LogP contribution in [-0.4, -0.2) is 18.2 Å². The fourth-order valence-corrected chi connectivity index (χ4v) is 3.58. The van der Waals surface area contributed by atoms with E-state index in [4.69, 9.17) is 14.6 Å². The molecule has 0 aromatic heterocycles. The van der Waals surface area contributed by atoms with Gasteiger partial charge in [0.05, 0.1) is 7.11 Å². The predicted molar refractivity (Wildman–Crippen MR) is 135 cm³/mol. The van der Waals surface area contributed by atoms with E-state index in [0.29, 0.717) is 30.1 Å². The third-order valence-corrected chi connectivity index (χ3v) is 5.29. The number of aliphatic carboxylic acids is 1. The van der Waals surface area contributed by atoms with Crippen molar-refractivity contribution in [1.82, 2.24) is 0 Å². The molecule has 5 heteroatoms. The normalized spacial score (nSPS) is 10.7. The number of halogens is 1. The third kappa shape index (κ3) is 7.20. The van der Waals surface area contributed by atoms with Gasteiger partial charge in [-0.25, -0.2) is 4.39 Å². The van der Waals surface area contributed by atoms with Crippen molar-refractivity contribution < 1.29 is 23.8 Å². The monoisotopic (exact) mass is 464 g/mol. The first-order valence-electron chi connectivity index (χ1n) is 11.1. The summed E-state index contributed by atoms with van der Waals surface area (Å²) in [6.07, 6.45) is 0.544. The van der Waals surface area contributed by atoms with Gasteiger partial charge in [0, 0.05) is 12.0 Å². The largest absolute Gasteiger partial charge is 0.497 e. The number of hydrogen-bond donors (Lipinski definition) is 1. The van der Waals surface area contributed by atoms with Gasteiger partial charge in [0.15, 0.2) is 0 Å². The number of rotatable bonds is 8. The highest BCUT2D eigenvalue weighted by atomic mass is 19.1. The molecule has 0 bridgehead atoms. The molecule has 0 fully saturated rings. The molecule has 0 saturated carbocycles. The Morgan fingerprint density at radius 2 is 1.68 bits per heavy atom. The van der Waals surface area contributed by atoms with Gasteiger partial charge < -0.3 is 14.6 Å². The number of aryl methyl sites for hydroxylation is 1. The first-order valence-corrected chi connectivity index (χ1v) is 11.1. The minimum absolute atomic E-state index is 0.0840. The maximum atomic E-state index is 14.7. The number of carboxylic acid groups (broad SMARTS) is 1. The lowest BCUT2D eigenvalue weighted by molar-refractivity contribution is -0.136. The molecule has 0 aliphatic carbocycles. The molecule has 34 heavy (non-hydrogen) atoms. The van der Waals surface area contributed by atoms with Gasteiger partial charge >= 0.3 is 5.97 Å². The van der Waals surface area contributed by atoms with Crippen LogP contribution < -0.4 is 9.47 Å². The SMILES string of the molecule is C=C.COc1ccc(F)c(-c2ccc(COc3cccc(CCC(=O)O)c3)cc2C(C)(C)C)c1. The fraction of sp³-hybridized carbons (Fsp3) is 0.276. The van der Waals surface area contributed by atoms with Gasteiger partial charge in [0.25, 0.3) is 0 Å². The van der Waals surface area contributed by atoms with E-state index in [1.54, 1.807) is 19.2 Å². The van der Waals surface area contributed by atoms with Gasteiger partial charge in [-0.15, -0.1) is 13.2 Å². The zero-order valence-electron chi connectivity index (χ0n) is 20.4. The van der Waals surface area contributed by atoms with Crippen LogP contribution in [0.4, 0.5) is 4.39 Å². The van der Waals surface area contributed by atoms with E-state index in [-0.39, 0.29) is 17.7 Å². The zero-order chi connectivity index (χ0) is 25.3. The van der Waals surface area contributed by atoms with Crippen molar-refractivity contribution in [2.45, 2.75) is 45.6 Å². The van der Waals surface area contributed by atoms with Crippen molar-refractivity contribution in [3.63, 3.8) is 0 Å². The Bertz CT molecular complexity index is 1120. The minimum atomic E-state index is -0.821. The van der Waals surface area contributed by atoms with Gasteiger partial charge in [0.1, 0.15) is 23.9 Å². The van der Waals surface area contributed by atoms with E-state index >= 15 is 0 Å². The summed E-state index contributed by atoms with van der Waals surface area (Å²) >= 11 is 0. The summed E-state index contributed by atoms with van der Waals surface area (Å²) in [4.78, 5) is 10.8. The maximum Gasteiger partial charge on any atom is 0.303 e. The molecule has 0 heterocycles. The molecule has 1 N–H and O–H groups in total. The third-order valence-electron chi connectivity index (χ3n) is 5.29. The topological polar surface area (TPSA) is 55.8 Å². The molecule has 180 valence electrons. The molecule has 0 saturated heterocycles. The molecule has 3 aromatic carbocycles. The Kier molecular flexibility index (Phi) is 9.43. The Balaban J connectivity index is 0.00000199. The maximum absolute atomic E-state index is 14.7. The van der Waals surface area contributed by atoms with Crippen molar-refractivity contribution in [2.24, 2.45) is 0 Å². The molecule has 0 aliphatic heterocycles. The van der Waals surface area contributed by atoms with Crippen LogP contribution in [0.15, 0.2) is 73.8 Å². The van der Waals surface area contributed by atoms with Crippen molar-refractivity contribution in [3.8, 4) is 22.6 Å². The summed E-state index contributed by atoms with van der Waals surface area (Å²) in [7, 11) is 1.57. The van der Waals surface area contributed by atoms with Gasteiger partial charge in [-0.1, -0.05) is 51.1 Å². The lowest BCUT2D eigenvalue weighted by Gasteiger charge is -2.24. The van der Waals surface area contributed by atoms with Gasteiger partial charge in [-0.05, 0) is 64.4 Å². The van der Waals surface area contributed by atoms with E-state index in [2.05, 4.69) is 40.0 Å². The van der Waals surface area contributed by atoms with Crippen LogP contribution in [0, 0.1) is 5.82 Å². The molecule has 0 radical (unpaired) electrons. The minimum Gasteiger partial charge on any atom is -0.497 e. The van der Waals surface area contributed by atoms with Gasteiger partial charge in [-0.2, -0.15) is 0 Å². The highest BCUT2D eigenvalue weighted by Crippen LogP contribution is 2.36. The standard InChI is InChI=1S/C27H29FO4.C2H4/c1-27(2,3)24-15-19(8-11-22(24)23-16-20(31-4)10-12-25(23)28)17-32-21-7-5-6-18(14-21)9-13-26(29)30;1-2/h5-8,10-12,14-16H,9,13,17H2,1-4H3,(H,29,30);1-2H2. The molecule has 0 atom stereocenters. The molecule has 0 aliphatic rings. The van der Waals surface area contributed by atoms with Crippen molar-refractivity contribution in [1.29, 1.82) is 0 Å². The number of carboxylic acids is 1. The summed E-state index contributed by atoms with van der Waals surface area (Å²) in [6.45, 7) is 12.6. The highest BCUT2D eigenvalue weighted by molar-refractivity contribution is 5.71. The first-order chi connectivity index (χ1) is 16.2. The van der Waals surface area contributed by atoms with Gasteiger partial charge in [-0.3, -0.25) is 4.79 Å². The van der Waals surface area contributed by atoms with Crippen molar-refractivity contribution in [2.75, 3.05) is 7.11 Å². The van der Waals surface area contributed by atoms with Crippen LogP contribution in [-0.2, 0) is 23.2 Å². The summed E-state index contributed by atoms with van der Waals surface area (Å²) < 4.78 is 25.9. The summed E-state index contributed by atoms with van der Waals surface area (Å²) in [6, 6.07) is 18.2. The van der Waals surface area contributed by atoms with Crippen LogP contribution in [0.25, 0.3) is 11.1 Å². The molecule has 4 nitrogen and oxygen atoms in total. The number of benzene rings is 3. The first kappa shape index (κ1) is 26.7. The number of methoxy groups -OCH3 is 1. The zero-order valence-corrected chi connectivity index (χ0v) is 20.4. The molecule has 3 aromatic rings. The highest BCUT2D eigenvalue weighted by Gasteiger charge is 2.21. The summed E-state index contributed by atoms with van der Waals surface area (Å²) in [5.41, 5.74) is 4.03. The van der Waals surface area contributed by atoms with Gasteiger partial charge in [0.2, 0.25) is 0 Å². The average molecular weight is 465 g/mol. The predicted octanol–water partition coefficient (Wildman–Crippen LogP) is 7.20. The molecular weight excluding hydrogens is 431 g/mol. The van der Waals surface area contributed by atoms with E-state index in [1.807, 2.05) is 36.4 Å². The second-order valence-electron chi connectivity index (χ2n) is 8.81. The molecule has 0 unspecified atom stereocenters. The average Bonchev–Trinajstić information content (AvgIpc) is 2.83. The van der Waals surface area contributed by atoms with Crippen molar-refractivity contribution >= 4 is 5.97 Å². The van der Waals surface area contributed by atoms with Crippen LogP contribution in [0.1, 0.15) is 43.9 Å². The molecule has 0 amide bonds. The molecule has 3 rings (SSSR count). The Hall–Kier alpha value is -3.60. The summed E-state index contributed by atoms with van der Waals surface area (Å²) in [5.74, 6) is 0.182. The molecular formula is C29H33FO4. The van der Waals surface area contributed by atoms with Crippen LogP contribution in [0.5, 0.6) is 11.5 Å². The molecule has 0 spiro atoms. The Morgan fingerprint density at radius 3 is 2.32 bits per heavy atom. The number of ether oxygens (including phenoxy) is 2. The number of carbonyl (C=O) groups is 1. The Morgan fingerprint density at radius 1 is 0.941 bits per heavy atom. The van der Waals surface area contributed by atoms with Crippen LogP contribution in [0.3, 0.4) is 0 Å². The second kappa shape index (κ2) is 12.0. The lowest BCUT2D eigenvalue weighted by Crippen LogP contribution is -2.14. The van der Waals surface area contributed by atoms with Crippen LogP contribution in [0.2, 0.25) is 0 Å².